The Kier molecular flexibility index (Phi) is 5.73. The van der Waals surface area contributed by atoms with Gasteiger partial charge in [0.2, 0.25) is 5.91 Å². The van der Waals surface area contributed by atoms with Gasteiger partial charge < -0.3 is 14.8 Å². The number of nitrogens with zero attached hydrogens (tertiary/aromatic N) is 1. The Labute approximate surface area is 157 Å². The summed E-state index contributed by atoms with van der Waals surface area (Å²) in [4.78, 5) is 16.7. The number of methoxy groups -OCH3 is 2. The first-order valence-electron chi connectivity index (χ1n) is 8.53. The third-order valence-electron chi connectivity index (χ3n) is 4.20. The molecule has 0 aliphatic rings. The average molecular weight is 370 g/mol. The number of carbonyl (C=O) groups excluding carboxylic acids is 1. The van der Waals surface area contributed by atoms with Gasteiger partial charge in [-0.25, -0.2) is 4.98 Å². The predicted octanol–water partition coefficient (Wildman–Crippen LogP) is 4.45. The van der Waals surface area contributed by atoms with E-state index in [0.29, 0.717) is 29.5 Å². The maximum absolute atomic E-state index is 12.3. The summed E-state index contributed by atoms with van der Waals surface area (Å²) in [6.45, 7) is 2.12. The van der Waals surface area contributed by atoms with Crippen LogP contribution in [0, 0.1) is 0 Å². The van der Waals surface area contributed by atoms with E-state index in [2.05, 4.69) is 29.4 Å². The molecular formula is C20H22N2O3S. The molecule has 6 heteroatoms. The lowest BCUT2D eigenvalue weighted by molar-refractivity contribution is -0.116. The van der Waals surface area contributed by atoms with Crippen molar-refractivity contribution in [3.63, 3.8) is 0 Å². The Morgan fingerprint density at radius 3 is 2.58 bits per heavy atom. The summed E-state index contributed by atoms with van der Waals surface area (Å²) >= 11 is 1.51. The van der Waals surface area contributed by atoms with E-state index < -0.39 is 0 Å². The molecule has 1 amide bonds. The molecule has 1 N–H and O–H groups in total. The van der Waals surface area contributed by atoms with Crippen LogP contribution in [0.5, 0.6) is 11.5 Å². The number of ether oxygens (including phenoxy) is 2. The lowest BCUT2D eigenvalue weighted by Gasteiger charge is -2.09. The van der Waals surface area contributed by atoms with Crippen LogP contribution in [0.1, 0.15) is 24.5 Å². The van der Waals surface area contributed by atoms with E-state index in [1.54, 1.807) is 14.2 Å². The minimum atomic E-state index is -0.0467. The van der Waals surface area contributed by atoms with Gasteiger partial charge in [0.1, 0.15) is 0 Å². The summed E-state index contributed by atoms with van der Waals surface area (Å²) in [7, 11) is 3.21. The first kappa shape index (κ1) is 18.2. The molecular weight excluding hydrogens is 348 g/mol. The molecule has 1 aromatic heterocycles. The number of hydrogen-bond donors (Lipinski definition) is 1. The zero-order chi connectivity index (χ0) is 18.5. The van der Waals surface area contributed by atoms with Crippen molar-refractivity contribution in [1.29, 1.82) is 0 Å². The van der Waals surface area contributed by atoms with Crippen molar-refractivity contribution in [2.45, 2.75) is 26.2 Å². The molecule has 3 aromatic rings. The number of thiazole rings is 1. The standard InChI is InChI=1S/C20H22N2O3S/c1-4-13-5-8-15-18(12-13)26-20(21-15)22-19(23)10-7-14-6-9-16(24-2)17(11-14)25-3/h5-6,8-9,11-12H,4,7,10H2,1-3H3,(H,21,22,23). The van der Waals surface area contributed by atoms with Gasteiger partial charge in [0.25, 0.3) is 0 Å². The number of hydrogen-bond acceptors (Lipinski definition) is 5. The Morgan fingerprint density at radius 2 is 1.85 bits per heavy atom. The Morgan fingerprint density at radius 1 is 1.08 bits per heavy atom. The van der Waals surface area contributed by atoms with Crippen LogP contribution in [0.4, 0.5) is 5.13 Å². The van der Waals surface area contributed by atoms with Crippen LogP contribution in [-0.2, 0) is 17.6 Å². The van der Waals surface area contributed by atoms with Crippen LogP contribution < -0.4 is 14.8 Å². The summed E-state index contributed by atoms with van der Waals surface area (Å²) < 4.78 is 11.6. The number of rotatable bonds is 7. The number of nitrogens with one attached hydrogen (secondary N) is 1. The molecule has 0 atom stereocenters. The Hall–Kier alpha value is -2.60. The van der Waals surface area contributed by atoms with Gasteiger partial charge in [-0.2, -0.15) is 0 Å². The quantitative estimate of drug-likeness (QED) is 0.668. The van der Waals surface area contributed by atoms with E-state index in [9.17, 15) is 4.79 Å². The molecule has 0 unspecified atom stereocenters. The van der Waals surface area contributed by atoms with Gasteiger partial charge in [-0.3, -0.25) is 4.79 Å². The molecule has 1 heterocycles. The number of fused-ring (bicyclic) bond motifs is 1. The van der Waals surface area contributed by atoms with Crippen molar-refractivity contribution in [3.05, 3.63) is 47.5 Å². The van der Waals surface area contributed by atoms with Crippen molar-refractivity contribution < 1.29 is 14.3 Å². The highest BCUT2D eigenvalue weighted by molar-refractivity contribution is 7.22. The van der Waals surface area contributed by atoms with Crippen LogP contribution in [-0.4, -0.2) is 25.1 Å². The number of amides is 1. The molecule has 26 heavy (non-hydrogen) atoms. The van der Waals surface area contributed by atoms with E-state index in [-0.39, 0.29) is 5.91 Å². The highest BCUT2D eigenvalue weighted by Crippen LogP contribution is 2.29. The van der Waals surface area contributed by atoms with Crippen LogP contribution in [0.2, 0.25) is 0 Å². The number of aromatic nitrogens is 1. The fraction of sp³-hybridized carbons (Fsp3) is 0.300. The highest BCUT2D eigenvalue weighted by atomic mass is 32.1. The highest BCUT2D eigenvalue weighted by Gasteiger charge is 2.10. The average Bonchev–Trinajstić information content (AvgIpc) is 3.07. The normalized spacial score (nSPS) is 10.7. The SMILES string of the molecule is CCc1ccc2nc(NC(=O)CCc3ccc(OC)c(OC)c3)sc2c1. The summed E-state index contributed by atoms with van der Waals surface area (Å²) in [5, 5.41) is 3.55. The van der Waals surface area contributed by atoms with E-state index >= 15 is 0 Å². The van der Waals surface area contributed by atoms with E-state index in [1.807, 2.05) is 24.3 Å². The molecule has 0 saturated carbocycles. The zero-order valence-corrected chi connectivity index (χ0v) is 16.0. The van der Waals surface area contributed by atoms with Gasteiger partial charge in [-0.15, -0.1) is 0 Å². The first-order chi connectivity index (χ1) is 12.6. The smallest absolute Gasteiger partial charge is 0.226 e. The topological polar surface area (TPSA) is 60.5 Å². The second-order valence-corrected chi connectivity index (χ2v) is 6.94. The first-order valence-corrected chi connectivity index (χ1v) is 9.34. The molecule has 0 saturated heterocycles. The number of anilines is 1. The van der Waals surface area contributed by atoms with Gasteiger partial charge in [-0.05, 0) is 48.2 Å². The van der Waals surface area contributed by atoms with Crippen molar-refractivity contribution in [2.75, 3.05) is 19.5 Å². The molecule has 0 aliphatic carbocycles. The molecule has 0 fully saturated rings. The summed E-state index contributed by atoms with van der Waals surface area (Å²) in [5.74, 6) is 1.31. The van der Waals surface area contributed by atoms with Crippen LogP contribution >= 0.6 is 11.3 Å². The fourth-order valence-corrected chi connectivity index (χ4v) is 3.66. The predicted molar refractivity (Wildman–Crippen MR) is 105 cm³/mol. The lowest BCUT2D eigenvalue weighted by atomic mass is 10.1. The van der Waals surface area contributed by atoms with Crippen LogP contribution in [0.3, 0.4) is 0 Å². The second kappa shape index (κ2) is 8.19. The minimum Gasteiger partial charge on any atom is -0.493 e. The van der Waals surface area contributed by atoms with E-state index in [1.165, 1.54) is 16.9 Å². The number of benzene rings is 2. The molecule has 2 aromatic carbocycles. The molecule has 0 spiro atoms. The summed E-state index contributed by atoms with van der Waals surface area (Å²) in [6.07, 6.45) is 1.99. The maximum Gasteiger partial charge on any atom is 0.226 e. The van der Waals surface area contributed by atoms with Gasteiger partial charge in [0, 0.05) is 6.42 Å². The largest absolute Gasteiger partial charge is 0.493 e. The Bertz CT molecular complexity index is 921. The third kappa shape index (κ3) is 4.14. The summed E-state index contributed by atoms with van der Waals surface area (Å²) in [6, 6.07) is 11.9. The third-order valence-corrected chi connectivity index (χ3v) is 5.13. The molecule has 0 aliphatic heterocycles. The molecule has 0 radical (unpaired) electrons. The zero-order valence-electron chi connectivity index (χ0n) is 15.2. The summed E-state index contributed by atoms with van der Waals surface area (Å²) in [5.41, 5.74) is 3.21. The van der Waals surface area contributed by atoms with Gasteiger partial charge in [0.05, 0.1) is 24.4 Å². The Balaban J connectivity index is 1.62. The van der Waals surface area contributed by atoms with Crippen LogP contribution in [0.25, 0.3) is 10.2 Å². The fourth-order valence-electron chi connectivity index (χ4n) is 2.72. The number of aryl methyl sites for hydroxylation is 2. The minimum absolute atomic E-state index is 0.0467. The van der Waals surface area contributed by atoms with Gasteiger partial charge in [-0.1, -0.05) is 30.4 Å². The second-order valence-electron chi connectivity index (χ2n) is 5.91. The lowest BCUT2D eigenvalue weighted by Crippen LogP contribution is -2.12. The molecule has 136 valence electrons. The van der Waals surface area contributed by atoms with Crippen molar-refractivity contribution in [1.82, 2.24) is 4.98 Å². The van der Waals surface area contributed by atoms with Gasteiger partial charge >= 0.3 is 0 Å². The van der Waals surface area contributed by atoms with Crippen molar-refractivity contribution >= 4 is 32.6 Å². The van der Waals surface area contributed by atoms with E-state index in [0.717, 1.165) is 22.2 Å². The van der Waals surface area contributed by atoms with E-state index in [4.69, 9.17) is 9.47 Å². The molecule has 0 bridgehead atoms. The van der Waals surface area contributed by atoms with Crippen molar-refractivity contribution in [2.24, 2.45) is 0 Å². The van der Waals surface area contributed by atoms with Crippen molar-refractivity contribution in [3.8, 4) is 11.5 Å². The molecule has 5 nitrogen and oxygen atoms in total. The molecule has 3 rings (SSSR count). The number of carbonyl (C=O) groups is 1. The van der Waals surface area contributed by atoms with Crippen LogP contribution in [0.15, 0.2) is 36.4 Å². The van der Waals surface area contributed by atoms with Gasteiger partial charge in [0.15, 0.2) is 16.6 Å². The monoisotopic (exact) mass is 370 g/mol. The maximum atomic E-state index is 12.3.